The maximum Gasteiger partial charge on any atom is 0.343 e. The molecule has 2 aromatic heterocycles. The van der Waals surface area contributed by atoms with Gasteiger partial charge in [-0.05, 0) is 24.6 Å². The quantitative estimate of drug-likeness (QED) is 0.693. The Kier molecular flexibility index (Phi) is 3.43. The Morgan fingerprint density at radius 3 is 3.00 bits per heavy atom. The third-order valence-corrected chi connectivity index (χ3v) is 3.17. The maximum atomic E-state index is 13.3. The van der Waals surface area contributed by atoms with Gasteiger partial charge in [-0.1, -0.05) is 12.1 Å². The molecule has 0 fully saturated rings. The number of imidazole rings is 1. The number of nitrogens with zero attached hydrogens (tertiary/aromatic N) is 3. The zero-order valence-electron chi connectivity index (χ0n) is 11.5. The Balaban J connectivity index is 1.99. The number of rotatable bonds is 4. The minimum absolute atomic E-state index is 0.283. The highest BCUT2D eigenvalue weighted by Gasteiger charge is 2.17. The van der Waals surface area contributed by atoms with Crippen molar-refractivity contribution in [3.05, 3.63) is 59.8 Å². The number of ether oxygens (including phenoxy) is 1. The van der Waals surface area contributed by atoms with Gasteiger partial charge in [-0.25, -0.2) is 13.7 Å². The summed E-state index contributed by atoms with van der Waals surface area (Å²) in [6, 6.07) is 6.36. The van der Waals surface area contributed by atoms with Crippen LogP contribution in [-0.2, 0) is 11.3 Å². The topological polar surface area (TPSA) is 48.5 Å². The summed E-state index contributed by atoms with van der Waals surface area (Å²) < 4.78 is 21.7. The smallest absolute Gasteiger partial charge is 0.343 e. The fourth-order valence-electron chi connectivity index (χ4n) is 2.28. The van der Waals surface area contributed by atoms with Gasteiger partial charge in [0.2, 0.25) is 0 Å². The van der Waals surface area contributed by atoms with Gasteiger partial charge in [0.15, 0.2) is 5.65 Å². The minimum atomic E-state index is -0.410. The van der Waals surface area contributed by atoms with Crippen LogP contribution in [0.4, 0.5) is 4.39 Å². The fourth-order valence-corrected chi connectivity index (χ4v) is 2.28. The average Bonchev–Trinajstić information content (AvgIpc) is 3.02. The monoisotopic (exact) mass is 287 g/mol. The van der Waals surface area contributed by atoms with E-state index >= 15 is 0 Å². The molecule has 0 saturated carbocycles. The first-order chi connectivity index (χ1) is 10.2. The molecule has 1 aromatic carbocycles. The molecular formula is C15H14FN3O2. The van der Waals surface area contributed by atoms with Crippen molar-refractivity contribution in [1.82, 2.24) is 14.2 Å². The summed E-state index contributed by atoms with van der Waals surface area (Å²) in [6.07, 6.45) is 5.03. The summed E-state index contributed by atoms with van der Waals surface area (Å²) in [5, 5.41) is 4.12. The standard InChI is InChI=1S/C15H14FN3O2/c1-2-21-15(20)13-9-17-19-7-6-18(14(13)19)10-11-4-3-5-12(16)8-11/h3-9H,2,10H2,1H3. The number of aromatic nitrogens is 3. The lowest BCUT2D eigenvalue weighted by atomic mass is 10.2. The van der Waals surface area contributed by atoms with Crippen molar-refractivity contribution in [3.8, 4) is 0 Å². The lowest BCUT2D eigenvalue weighted by Gasteiger charge is -2.06. The number of fused-ring (bicyclic) bond motifs is 1. The van der Waals surface area contributed by atoms with Crippen molar-refractivity contribution in [2.75, 3.05) is 6.61 Å². The van der Waals surface area contributed by atoms with Crippen LogP contribution in [0, 0.1) is 5.82 Å². The van der Waals surface area contributed by atoms with E-state index in [9.17, 15) is 9.18 Å². The molecule has 21 heavy (non-hydrogen) atoms. The number of carbonyl (C=O) groups is 1. The van der Waals surface area contributed by atoms with Crippen LogP contribution >= 0.6 is 0 Å². The van der Waals surface area contributed by atoms with E-state index in [0.29, 0.717) is 24.4 Å². The van der Waals surface area contributed by atoms with Crippen LogP contribution in [0.15, 0.2) is 42.9 Å². The first-order valence-electron chi connectivity index (χ1n) is 6.63. The van der Waals surface area contributed by atoms with Crippen LogP contribution < -0.4 is 0 Å². The Labute approximate surface area is 120 Å². The molecule has 0 aliphatic heterocycles. The minimum Gasteiger partial charge on any atom is -0.462 e. The van der Waals surface area contributed by atoms with Gasteiger partial charge in [-0.3, -0.25) is 0 Å². The predicted molar refractivity (Wildman–Crippen MR) is 74.6 cm³/mol. The fraction of sp³-hybridized carbons (Fsp3) is 0.200. The molecule has 3 rings (SSSR count). The summed E-state index contributed by atoms with van der Waals surface area (Å²) >= 11 is 0. The van der Waals surface area contributed by atoms with E-state index in [1.54, 1.807) is 29.9 Å². The molecule has 0 unspecified atom stereocenters. The molecule has 2 heterocycles. The largest absolute Gasteiger partial charge is 0.462 e. The number of hydrogen-bond donors (Lipinski definition) is 0. The molecule has 5 nitrogen and oxygen atoms in total. The van der Waals surface area contributed by atoms with Gasteiger partial charge in [0.1, 0.15) is 11.4 Å². The summed E-state index contributed by atoms with van der Waals surface area (Å²) in [7, 11) is 0. The van der Waals surface area contributed by atoms with Crippen molar-refractivity contribution < 1.29 is 13.9 Å². The molecule has 3 aromatic rings. The Morgan fingerprint density at radius 2 is 2.24 bits per heavy atom. The van der Waals surface area contributed by atoms with Crippen molar-refractivity contribution in [2.24, 2.45) is 0 Å². The Morgan fingerprint density at radius 1 is 1.38 bits per heavy atom. The van der Waals surface area contributed by atoms with E-state index in [1.807, 2.05) is 10.6 Å². The molecule has 0 N–H and O–H groups in total. The molecule has 0 spiro atoms. The lowest BCUT2D eigenvalue weighted by Crippen LogP contribution is -2.07. The van der Waals surface area contributed by atoms with Crippen LogP contribution in [0.1, 0.15) is 22.8 Å². The Hall–Kier alpha value is -2.63. The third-order valence-electron chi connectivity index (χ3n) is 3.17. The van der Waals surface area contributed by atoms with Crippen LogP contribution in [0.25, 0.3) is 5.65 Å². The van der Waals surface area contributed by atoms with Gasteiger partial charge in [0.25, 0.3) is 0 Å². The average molecular weight is 287 g/mol. The second-order valence-corrected chi connectivity index (χ2v) is 4.60. The summed E-state index contributed by atoms with van der Waals surface area (Å²) in [5.41, 5.74) is 1.85. The van der Waals surface area contributed by atoms with Crippen molar-refractivity contribution >= 4 is 11.6 Å². The van der Waals surface area contributed by atoms with Crippen LogP contribution in [0.5, 0.6) is 0 Å². The molecule has 0 bridgehead atoms. The zero-order valence-corrected chi connectivity index (χ0v) is 11.5. The predicted octanol–water partition coefficient (Wildman–Crippen LogP) is 2.50. The van der Waals surface area contributed by atoms with E-state index in [2.05, 4.69) is 5.10 Å². The van der Waals surface area contributed by atoms with E-state index in [1.165, 1.54) is 18.3 Å². The molecular weight excluding hydrogens is 273 g/mol. The first-order valence-corrected chi connectivity index (χ1v) is 6.63. The Bertz CT molecular complexity index is 791. The van der Waals surface area contributed by atoms with Crippen LogP contribution in [0.3, 0.4) is 0 Å². The maximum absolute atomic E-state index is 13.3. The summed E-state index contributed by atoms with van der Waals surface area (Å²) in [6.45, 7) is 2.51. The highest BCUT2D eigenvalue weighted by molar-refractivity contribution is 5.95. The molecule has 0 aliphatic rings. The van der Waals surface area contributed by atoms with Crippen LogP contribution in [0.2, 0.25) is 0 Å². The van der Waals surface area contributed by atoms with Gasteiger partial charge in [-0.2, -0.15) is 5.10 Å². The van der Waals surface area contributed by atoms with Gasteiger partial charge in [0.05, 0.1) is 12.8 Å². The van der Waals surface area contributed by atoms with Gasteiger partial charge >= 0.3 is 5.97 Å². The number of hydrogen-bond acceptors (Lipinski definition) is 3. The third kappa shape index (κ3) is 2.52. The summed E-state index contributed by atoms with van der Waals surface area (Å²) in [4.78, 5) is 11.9. The van der Waals surface area contributed by atoms with E-state index < -0.39 is 5.97 Å². The van der Waals surface area contributed by atoms with Gasteiger partial charge < -0.3 is 9.30 Å². The highest BCUT2D eigenvalue weighted by atomic mass is 19.1. The molecule has 0 radical (unpaired) electrons. The van der Waals surface area contributed by atoms with E-state index in [0.717, 1.165) is 5.56 Å². The zero-order chi connectivity index (χ0) is 14.8. The lowest BCUT2D eigenvalue weighted by molar-refractivity contribution is 0.0528. The highest BCUT2D eigenvalue weighted by Crippen LogP contribution is 2.15. The normalized spacial score (nSPS) is 11.0. The number of esters is 1. The van der Waals surface area contributed by atoms with Gasteiger partial charge in [0, 0.05) is 18.9 Å². The van der Waals surface area contributed by atoms with E-state index in [4.69, 9.17) is 4.74 Å². The molecule has 0 saturated heterocycles. The molecule has 0 atom stereocenters. The van der Waals surface area contributed by atoms with Crippen LogP contribution in [-0.4, -0.2) is 26.8 Å². The molecule has 6 heteroatoms. The molecule has 0 aliphatic carbocycles. The second-order valence-electron chi connectivity index (χ2n) is 4.60. The van der Waals surface area contributed by atoms with Crippen molar-refractivity contribution in [2.45, 2.75) is 13.5 Å². The molecule has 108 valence electrons. The van der Waals surface area contributed by atoms with E-state index in [-0.39, 0.29) is 5.82 Å². The van der Waals surface area contributed by atoms with Crippen molar-refractivity contribution in [3.63, 3.8) is 0 Å². The SMILES string of the molecule is CCOC(=O)c1cnn2ccn(Cc3cccc(F)c3)c12. The van der Waals surface area contributed by atoms with Gasteiger partial charge in [-0.15, -0.1) is 0 Å². The number of carbonyl (C=O) groups excluding carboxylic acids is 1. The first kappa shape index (κ1) is 13.4. The number of halogens is 1. The molecule has 0 amide bonds. The second kappa shape index (κ2) is 5.40. The number of benzene rings is 1. The summed E-state index contributed by atoms with van der Waals surface area (Å²) in [5.74, 6) is -0.693. The van der Waals surface area contributed by atoms with Crippen molar-refractivity contribution in [1.29, 1.82) is 0 Å².